The number of anilines is 1. The molecule has 0 atom stereocenters. The first-order chi connectivity index (χ1) is 12.1. The fraction of sp³-hybridized carbons (Fsp3) is 0.278. The molecule has 2 aromatic rings. The quantitative estimate of drug-likeness (QED) is 0.646. The van der Waals surface area contributed by atoms with Crippen LogP contribution in [0.2, 0.25) is 0 Å². The first kappa shape index (κ1) is 19.1. The summed E-state index contributed by atoms with van der Waals surface area (Å²) in [5.41, 5.74) is 0.516. The summed E-state index contributed by atoms with van der Waals surface area (Å²) in [6.07, 6.45) is 0.870. The van der Waals surface area contributed by atoms with E-state index in [0.717, 1.165) is 6.42 Å². The molecule has 134 valence electrons. The highest BCUT2D eigenvalue weighted by atomic mass is 32.2. The van der Waals surface area contributed by atoms with E-state index in [4.69, 9.17) is 9.47 Å². The zero-order chi connectivity index (χ0) is 18.1. The number of carbonyl (C=O) groups is 1. The van der Waals surface area contributed by atoms with Gasteiger partial charge >= 0.3 is 0 Å². The van der Waals surface area contributed by atoms with Gasteiger partial charge < -0.3 is 14.8 Å². The molecular weight excluding hydrogens is 348 g/mol. The van der Waals surface area contributed by atoms with Crippen LogP contribution in [-0.2, 0) is 4.79 Å². The second kappa shape index (κ2) is 9.88. The minimum absolute atomic E-state index is 0.181. The number of benzene rings is 2. The number of halogens is 2. The Labute approximate surface area is 149 Å². The van der Waals surface area contributed by atoms with Crippen molar-refractivity contribution in [3.05, 3.63) is 48.5 Å². The molecule has 0 fully saturated rings. The number of hydrogen-bond donors (Lipinski definition) is 1. The highest BCUT2D eigenvalue weighted by Crippen LogP contribution is 2.27. The van der Waals surface area contributed by atoms with Crippen LogP contribution in [0, 0.1) is 0 Å². The van der Waals surface area contributed by atoms with Gasteiger partial charge in [0.1, 0.15) is 0 Å². The lowest BCUT2D eigenvalue weighted by Gasteiger charge is -2.12. The van der Waals surface area contributed by atoms with Crippen molar-refractivity contribution in [3.63, 3.8) is 0 Å². The fourth-order valence-corrected chi connectivity index (χ4v) is 2.46. The number of alkyl halides is 2. The van der Waals surface area contributed by atoms with Gasteiger partial charge in [-0.3, -0.25) is 4.79 Å². The van der Waals surface area contributed by atoms with Crippen molar-refractivity contribution >= 4 is 23.4 Å². The van der Waals surface area contributed by atoms with Crippen LogP contribution in [0.15, 0.2) is 53.4 Å². The topological polar surface area (TPSA) is 47.6 Å². The van der Waals surface area contributed by atoms with E-state index >= 15 is 0 Å². The van der Waals surface area contributed by atoms with Gasteiger partial charge in [-0.1, -0.05) is 30.8 Å². The molecule has 0 saturated heterocycles. The standard InChI is InChI=1S/C18H19F2NO3S/c1-2-11-23-15-5-3-4-6-16(15)24-12-17(22)21-13-7-9-14(10-8-13)25-18(19)20/h3-10,18H,2,11-12H2,1H3,(H,21,22). The smallest absolute Gasteiger partial charge is 0.288 e. The predicted molar refractivity (Wildman–Crippen MR) is 94.7 cm³/mol. The van der Waals surface area contributed by atoms with Crippen LogP contribution in [0.5, 0.6) is 11.5 Å². The van der Waals surface area contributed by atoms with Crippen molar-refractivity contribution in [1.82, 2.24) is 0 Å². The first-order valence-corrected chi connectivity index (χ1v) is 8.66. The zero-order valence-corrected chi connectivity index (χ0v) is 14.5. The molecule has 1 amide bonds. The van der Waals surface area contributed by atoms with Gasteiger partial charge in [0.25, 0.3) is 11.7 Å². The number of para-hydroxylation sites is 2. The maximum absolute atomic E-state index is 12.3. The van der Waals surface area contributed by atoms with Gasteiger partial charge in [-0.25, -0.2) is 0 Å². The number of rotatable bonds is 9. The molecule has 2 aromatic carbocycles. The Balaban J connectivity index is 1.86. The Morgan fingerprint density at radius 3 is 2.32 bits per heavy atom. The van der Waals surface area contributed by atoms with E-state index in [0.29, 0.717) is 40.5 Å². The van der Waals surface area contributed by atoms with Crippen molar-refractivity contribution in [1.29, 1.82) is 0 Å². The van der Waals surface area contributed by atoms with Crippen LogP contribution in [0.3, 0.4) is 0 Å². The molecular formula is C18H19F2NO3S. The molecule has 0 aliphatic carbocycles. The zero-order valence-electron chi connectivity index (χ0n) is 13.7. The molecule has 1 N–H and O–H groups in total. The highest BCUT2D eigenvalue weighted by molar-refractivity contribution is 7.99. The normalized spacial score (nSPS) is 10.6. The van der Waals surface area contributed by atoms with Crippen LogP contribution < -0.4 is 14.8 Å². The van der Waals surface area contributed by atoms with Crippen molar-refractivity contribution in [3.8, 4) is 11.5 Å². The summed E-state index contributed by atoms with van der Waals surface area (Å²) < 4.78 is 35.6. The predicted octanol–water partition coefficient (Wildman–Crippen LogP) is 4.81. The molecule has 25 heavy (non-hydrogen) atoms. The van der Waals surface area contributed by atoms with Gasteiger partial charge in [0, 0.05) is 10.6 Å². The van der Waals surface area contributed by atoms with E-state index in [1.165, 1.54) is 12.1 Å². The van der Waals surface area contributed by atoms with Gasteiger partial charge in [-0.15, -0.1) is 0 Å². The number of hydrogen-bond acceptors (Lipinski definition) is 4. The number of thioether (sulfide) groups is 1. The molecule has 2 rings (SSSR count). The summed E-state index contributed by atoms with van der Waals surface area (Å²) >= 11 is 0.457. The summed E-state index contributed by atoms with van der Waals surface area (Å²) in [6.45, 7) is 2.39. The second-order valence-electron chi connectivity index (χ2n) is 5.03. The molecule has 0 bridgehead atoms. The lowest BCUT2D eigenvalue weighted by atomic mass is 10.3. The summed E-state index contributed by atoms with van der Waals surface area (Å²) in [6, 6.07) is 13.3. The SMILES string of the molecule is CCCOc1ccccc1OCC(=O)Nc1ccc(SC(F)F)cc1. The number of amides is 1. The Hall–Kier alpha value is -2.28. The van der Waals surface area contributed by atoms with E-state index in [1.54, 1.807) is 30.3 Å². The van der Waals surface area contributed by atoms with Gasteiger partial charge in [0.2, 0.25) is 0 Å². The number of carbonyl (C=O) groups excluding carboxylic acids is 1. The number of nitrogens with one attached hydrogen (secondary N) is 1. The molecule has 0 aliphatic heterocycles. The van der Waals surface area contributed by atoms with Crippen molar-refractivity contribution in [2.45, 2.75) is 24.0 Å². The lowest BCUT2D eigenvalue weighted by Crippen LogP contribution is -2.20. The molecule has 0 radical (unpaired) electrons. The van der Waals surface area contributed by atoms with Crippen LogP contribution in [0.1, 0.15) is 13.3 Å². The van der Waals surface area contributed by atoms with Crippen LogP contribution in [0.25, 0.3) is 0 Å². The van der Waals surface area contributed by atoms with E-state index in [-0.39, 0.29) is 12.5 Å². The first-order valence-electron chi connectivity index (χ1n) is 7.78. The van der Waals surface area contributed by atoms with E-state index in [1.807, 2.05) is 13.0 Å². The van der Waals surface area contributed by atoms with Crippen LogP contribution in [-0.4, -0.2) is 24.9 Å². The summed E-state index contributed by atoms with van der Waals surface area (Å²) in [4.78, 5) is 12.4. The molecule has 0 aromatic heterocycles. The third kappa shape index (κ3) is 6.62. The summed E-state index contributed by atoms with van der Waals surface area (Å²) in [5.74, 6) is -1.73. The molecule has 0 aliphatic rings. The van der Waals surface area contributed by atoms with Crippen LogP contribution >= 0.6 is 11.8 Å². The van der Waals surface area contributed by atoms with Crippen LogP contribution in [0.4, 0.5) is 14.5 Å². The van der Waals surface area contributed by atoms with Crippen molar-refractivity contribution < 1.29 is 23.0 Å². The Bertz CT molecular complexity index is 680. The molecule has 0 heterocycles. The van der Waals surface area contributed by atoms with Gasteiger partial charge in [0.05, 0.1) is 6.61 Å². The molecule has 4 nitrogen and oxygen atoms in total. The average molecular weight is 367 g/mol. The third-order valence-corrected chi connectivity index (χ3v) is 3.76. The van der Waals surface area contributed by atoms with Gasteiger partial charge in [0.15, 0.2) is 18.1 Å². The van der Waals surface area contributed by atoms with Gasteiger partial charge in [-0.05, 0) is 42.8 Å². The Morgan fingerprint density at radius 2 is 1.72 bits per heavy atom. The maximum Gasteiger partial charge on any atom is 0.288 e. The van der Waals surface area contributed by atoms with Crippen molar-refractivity contribution in [2.24, 2.45) is 0 Å². The average Bonchev–Trinajstić information content (AvgIpc) is 2.60. The van der Waals surface area contributed by atoms with E-state index in [9.17, 15) is 13.6 Å². The minimum atomic E-state index is -2.47. The minimum Gasteiger partial charge on any atom is -0.490 e. The summed E-state index contributed by atoms with van der Waals surface area (Å²) in [5, 5.41) is 2.65. The summed E-state index contributed by atoms with van der Waals surface area (Å²) in [7, 11) is 0. The Kier molecular flexibility index (Phi) is 7.53. The Morgan fingerprint density at radius 1 is 1.08 bits per heavy atom. The maximum atomic E-state index is 12.3. The second-order valence-corrected chi connectivity index (χ2v) is 6.10. The fourth-order valence-electron chi connectivity index (χ4n) is 1.96. The molecule has 7 heteroatoms. The lowest BCUT2D eigenvalue weighted by molar-refractivity contribution is -0.118. The molecule has 0 spiro atoms. The van der Waals surface area contributed by atoms with E-state index < -0.39 is 5.76 Å². The third-order valence-electron chi connectivity index (χ3n) is 3.03. The highest BCUT2D eigenvalue weighted by Gasteiger charge is 2.09. The monoisotopic (exact) mass is 367 g/mol. The number of ether oxygens (including phenoxy) is 2. The largest absolute Gasteiger partial charge is 0.490 e. The van der Waals surface area contributed by atoms with E-state index in [2.05, 4.69) is 5.32 Å². The van der Waals surface area contributed by atoms with Gasteiger partial charge in [-0.2, -0.15) is 8.78 Å². The molecule has 0 saturated carbocycles. The molecule has 0 unspecified atom stereocenters. The van der Waals surface area contributed by atoms with Crippen molar-refractivity contribution in [2.75, 3.05) is 18.5 Å².